The van der Waals surface area contributed by atoms with Gasteiger partial charge in [-0.05, 0) is 19.8 Å². The van der Waals surface area contributed by atoms with Crippen LogP contribution in [0.5, 0.6) is 0 Å². The predicted octanol–water partition coefficient (Wildman–Crippen LogP) is 1.16. The average molecular weight is 164 g/mol. The first-order chi connectivity index (χ1) is 5.64. The van der Waals surface area contributed by atoms with E-state index in [1.807, 2.05) is 6.92 Å². The van der Waals surface area contributed by atoms with E-state index in [0.29, 0.717) is 17.8 Å². The van der Waals surface area contributed by atoms with Crippen molar-refractivity contribution < 1.29 is 9.53 Å². The van der Waals surface area contributed by atoms with Gasteiger partial charge in [0.15, 0.2) is 5.78 Å². The molecule has 0 aromatic carbocycles. The van der Waals surface area contributed by atoms with Crippen molar-refractivity contribution in [2.75, 3.05) is 0 Å². The van der Waals surface area contributed by atoms with Crippen LogP contribution in [-0.4, -0.2) is 17.5 Å². The van der Waals surface area contributed by atoms with Gasteiger partial charge in [-0.1, -0.05) is 12.2 Å². The molecule has 1 heterocycles. The van der Waals surface area contributed by atoms with Gasteiger partial charge in [0.05, 0.1) is 6.10 Å². The third-order valence-corrected chi connectivity index (χ3v) is 3.75. The molecule has 0 aromatic rings. The van der Waals surface area contributed by atoms with Crippen LogP contribution < -0.4 is 0 Å². The van der Waals surface area contributed by atoms with E-state index in [1.54, 1.807) is 6.92 Å². The summed E-state index contributed by atoms with van der Waals surface area (Å²) in [5.74, 6) is 1.97. The molecular formula is C10H12O2. The largest absolute Gasteiger partial charge is 0.360 e. The van der Waals surface area contributed by atoms with Crippen molar-refractivity contribution in [2.45, 2.75) is 25.6 Å². The van der Waals surface area contributed by atoms with Crippen LogP contribution in [0.3, 0.4) is 0 Å². The topological polar surface area (TPSA) is 26.3 Å². The van der Waals surface area contributed by atoms with Crippen LogP contribution in [0.15, 0.2) is 12.2 Å². The summed E-state index contributed by atoms with van der Waals surface area (Å²) in [5, 5.41) is 0. The molecular weight excluding hydrogens is 152 g/mol. The van der Waals surface area contributed by atoms with E-state index < -0.39 is 5.60 Å². The van der Waals surface area contributed by atoms with Crippen LogP contribution in [0.1, 0.15) is 13.8 Å². The van der Waals surface area contributed by atoms with Gasteiger partial charge >= 0.3 is 0 Å². The van der Waals surface area contributed by atoms with Gasteiger partial charge in [-0.25, -0.2) is 0 Å². The highest BCUT2D eigenvalue weighted by atomic mass is 16.5. The molecule has 1 aliphatic heterocycles. The molecule has 0 amide bonds. The van der Waals surface area contributed by atoms with Crippen molar-refractivity contribution in [2.24, 2.45) is 17.8 Å². The van der Waals surface area contributed by atoms with Gasteiger partial charge in [-0.15, -0.1) is 0 Å². The van der Waals surface area contributed by atoms with Gasteiger partial charge in [-0.2, -0.15) is 0 Å². The summed E-state index contributed by atoms with van der Waals surface area (Å²) in [4.78, 5) is 11.4. The SMILES string of the molecule is CC(=O)C1(C)OC2C=CC3C2C31. The van der Waals surface area contributed by atoms with E-state index in [4.69, 9.17) is 4.74 Å². The fourth-order valence-corrected chi connectivity index (χ4v) is 2.93. The van der Waals surface area contributed by atoms with Gasteiger partial charge in [0.2, 0.25) is 0 Å². The Balaban J connectivity index is 2.00. The minimum atomic E-state index is -0.469. The molecule has 5 unspecified atom stereocenters. The maximum atomic E-state index is 11.4. The quantitative estimate of drug-likeness (QED) is 0.544. The fourth-order valence-electron chi connectivity index (χ4n) is 2.93. The molecule has 0 spiro atoms. The third-order valence-electron chi connectivity index (χ3n) is 3.75. The zero-order valence-corrected chi connectivity index (χ0v) is 7.28. The summed E-state index contributed by atoms with van der Waals surface area (Å²) < 4.78 is 5.73. The zero-order valence-electron chi connectivity index (χ0n) is 7.28. The van der Waals surface area contributed by atoms with E-state index >= 15 is 0 Å². The summed E-state index contributed by atoms with van der Waals surface area (Å²) in [7, 11) is 0. The van der Waals surface area contributed by atoms with Gasteiger partial charge in [-0.3, -0.25) is 4.79 Å². The second-order valence-corrected chi connectivity index (χ2v) is 4.31. The van der Waals surface area contributed by atoms with E-state index in [1.165, 1.54) is 0 Å². The maximum Gasteiger partial charge on any atom is 0.161 e. The lowest BCUT2D eigenvalue weighted by atomic mass is 9.94. The van der Waals surface area contributed by atoms with Gasteiger partial charge in [0.1, 0.15) is 5.60 Å². The predicted molar refractivity (Wildman–Crippen MR) is 43.6 cm³/mol. The molecule has 64 valence electrons. The smallest absolute Gasteiger partial charge is 0.161 e. The minimum Gasteiger partial charge on any atom is -0.360 e. The van der Waals surface area contributed by atoms with Gasteiger partial charge in [0, 0.05) is 11.8 Å². The molecule has 12 heavy (non-hydrogen) atoms. The number of carbonyl (C=O) groups is 1. The first-order valence-corrected chi connectivity index (χ1v) is 4.52. The maximum absolute atomic E-state index is 11.4. The molecule has 0 radical (unpaired) electrons. The first-order valence-electron chi connectivity index (χ1n) is 4.52. The van der Waals surface area contributed by atoms with Crippen LogP contribution in [0, 0.1) is 17.8 Å². The van der Waals surface area contributed by atoms with Crippen molar-refractivity contribution >= 4 is 5.78 Å². The highest BCUT2D eigenvalue weighted by molar-refractivity contribution is 5.86. The molecule has 2 aliphatic carbocycles. The fraction of sp³-hybridized carbons (Fsp3) is 0.700. The molecule has 0 bridgehead atoms. The van der Waals surface area contributed by atoms with Crippen molar-refractivity contribution in [3.63, 3.8) is 0 Å². The first kappa shape index (κ1) is 6.84. The number of allylic oxidation sites excluding steroid dienone is 1. The Labute approximate surface area is 71.6 Å². The summed E-state index contributed by atoms with van der Waals surface area (Å²) >= 11 is 0. The summed E-state index contributed by atoms with van der Waals surface area (Å²) in [5.41, 5.74) is -0.469. The number of fused-ring (bicyclic) bond motifs is 1. The Bertz CT molecular complexity index is 294. The third kappa shape index (κ3) is 0.525. The lowest BCUT2D eigenvalue weighted by Crippen LogP contribution is -2.37. The molecule has 2 heteroatoms. The number of hydrogen-bond acceptors (Lipinski definition) is 2. The number of ether oxygens (including phenoxy) is 1. The van der Waals surface area contributed by atoms with Gasteiger partial charge in [0.25, 0.3) is 0 Å². The lowest BCUT2D eigenvalue weighted by Gasteiger charge is -2.24. The normalized spacial score (nSPS) is 58.8. The van der Waals surface area contributed by atoms with Crippen molar-refractivity contribution in [1.29, 1.82) is 0 Å². The van der Waals surface area contributed by atoms with Crippen LogP contribution in [0.25, 0.3) is 0 Å². The Morgan fingerprint density at radius 3 is 2.75 bits per heavy atom. The molecule has 3 aliphatic rings. The number of Topliss-reactive ketones (excluding diaryl/α,β-unsaturated/α-hetero) is 1. The Hall–Kier alpha value is -0.630. The number of carbonyl (C=O) groups excluding carboxylic acids is 1. The second kappa shape index (κ2) is 1.67. The summed E-state index contributed by atoms with van der Waals surface area (Å²) in [6, 6.07) is 0. The lowest BCUT2D eigenvalue weighted by molar-refractivity contribution is -0.141. The van der Waals surface area contributed by atoms with E-state index in [0.717, 1.165) is 0 Å². The molecule has 1 saturated heterocycles. The van der Waals surface area contributed by atoms with E-state index in [2.05, 4.69) is 12.2 Å². The van der Waals surface area contributed by atoms with Crippen LogP contribution in [0.4, 0.5) is 0 Å². The molecule has 2 nitrogen and oxygen atoms in total. The Morgan fingerprint density at radius 1 is 1.50 bits per heavy atom. The molecule has 0 N–H and O–H groups in total. The Kier molecular flexibility index (Phi) is 0.950. The molecule has 5 atom stereocenters. The Morgan fingerprint density at radius 2 is 2.25 bits per heavy atom. The molecule has 1 saturated carbocycles. The average Bonchev–Trinajstić information content (AvgIpc) is 2.53. The van der Waals surface area contributed by atoms with Crippen molar-refractivity contribution in [3.8, 4) is 0 Å². The zero-order chi connectivity index (χ0) is 8.51. The van der Waals surface area contributed by atoms with E-state index in [9.17, 15) is 4.79 Å². The van der Waals surface area contributed by atoms with Gasteiger partial charge < -0.3 is 4.74 Å². The van der Waals surface area contributed by atoms with Crippen LogP contribution in [0.2, 0.25) is 0 Å². The monoisotopic (exact) mass is 164 g/mol. The summed E-state index contributed by atoms with van der Waals surface area (Å²) in [6.07, 6.45) is 4.57. The van der Waals surface area contributed by atoms with Crippen molar-refractivity contribution in [1.82, 2.24) is 0 Å². The summed E-state index contributed by atoms with van der Waals surface area (Å²) in [6.45, 7) is 3.58. The standard InChI is InChI=1S/C10H12O2/c1-5(11)10(2)9-6-3-4-7(12-10)8(6)9/h3-4,6-9H,1-2H3. The molecule has 2 fully saturated rings. The molecule has 0 aromatic heterocycles. The number of rotatable bonds is 1. The minimum absolute atomic E-state index is 0.186. The highest BCUT2D eigenvalue weighted by Crippen LogP contribution is 2.66. The van der Waals surface area contributed by atoms with Crippen LogP contribution >= 0.6 is 0 Å². The second-order valence-electron chi connectivity index (χ2n) is 4.31. The number of hydrogen-bond donors (Lipinski definition) is 0. The van der Waals surface area contributed by atoms with E-state index in [-0.39, 0.29) is 11.9 Å². The highest BCUT2D eigenvalue weighted by Gasteiger charge is 2.71. The number of ketones is 1. The molecule has 3 rings (SSSR count). The van der Waals surface area contributed by atoms with Crippen LogP contribution in [-0.2, 0) is 9.53 Å². The van der Waals surface area contributed by atoms with Crippen molar-refractivity contribution in [3.05, 3.63) is 12.2 Å².